The monoisotopic (exact) mass is 286 g/mol. The van der Waals surface area contributed by atoms with Gasteiger partial charge >= 0.3 is 0 Å². The van der Waals surface area contributed by atoms with Crippen LogP contribution in [0.5, 0.6) is 0 Å². The molecule has 0 radical (unpaired) electrons. The molecule has 0 atom stereocenters. The third-order valence-electron chi connectivity index (χ3n) is 3.16. The molecule has 1 heterocycles. The Labute approximate surface area is 120 Å². The quantitative estimate of drug-likeness (QED) is 0.372. The van der Waals surface area contributed by atoms with E-state index in [9.17, 15) is 0 Å². The first-order valence-corrected chi connectivity index (χ1v) is 9.51. The van der Waals surface area contributed by atoms with Gasteiger partial charge in [-0.05, 0) is 35.5 Å². The molecule has 0 unspecified atom stereocenters. The van der Waals surface area contributed by atoms with Gasteiger partial charge in [0.1, 0.15) is 0 Å². The Bertz CT molecular complexity index is 206. The summed E-state index contributed by atoms with van der Waals surface area (Å²) in [5.41, 5.74) is 0. The van der Waals surface area contributed by atoms with Gasteiger partial charge in [0, 0.05) is 0 Å². The first kappa shape index (κ1) is 16.1. The molecule has 0 aromatic heterocycles. The van der Waals surface area contributed by atoms with Gasteiger partial charge in [-0.3, -0.25) is 0 Å². The predicted octanol–water partition coefficient (Wildman–Crippen LogP) is 6.55. The second kappa shape index (κ2) is 13.5. The number of rotatable bonds is 0. The van der Waals surface area contributed by atoms with E-state index < -0.39 is 0 Å². The topological polar surface area (TPSA) is 24.7 Å². The van der Waals surface area contributed by atoms with E-state index in [1.807, 2.05) is 0 Å². The summed E-state index contributed by atoms with van der Waals surface area (Å²) in [5.74, 6) is 0. The second-order valence-electron chi connectivity index (χ2n) is 4.81. The Balaban J connectivity index is 2.13. The third-order valence-corrected chi connectivity index (χ3v) is 4.53. The van der Waals surface area contributed by atoms with Crippen molar-refractivity contribution in [2.24, 2.45) is 9.63 Å². The number of nitrogens with zero attached hydrogens (tertiary/aromatic N) is 2. The first-order valence-electron chi connectivity index (χ1n) is 7.34. The largest absolute Gasteiger partial charge is 0.181 e. The van der Waals surface area contributed by atoms with Crippen LogP contribution in [-0.4, -0.2) is 6.54 Å². The molecule has 0 aromatic rings. The van der Waals surface area contributed by atoms with Gasteiger partial charge in [-0.2, -0.15) is 5.11 Å². The Kier molecular flexibility index (Phi) is 12.0. The lowest BCUT2D eigenvalue weighted by Crippen LogP contribution is -1.84. The highest BCUT2D eigenvalue weighted by Crippen LogP contribution is 2.24. The number of hydrogen-bond acceptors (Lipinski definition) is 4. The molecule has 18 heavy (non-hydrogen) atoms. The van der Waals surface area contributed by atoms with Crippen molar-refractivity contribution in [3.63, 3.8) is 0 Å². The Morgan fingerprint density at radius 3 is 2.06 bits per heavy atom. The molecule has 2 nitrogen and oxygen atoms in total. The van der Waals surface area contributed by atoms with E-state index in [2.05, 4.69) is 21.1 Å². The molecule has 104 valence electrons. The summed E-state index contributed by atoms with van der Waals surface area (Å²) in [6, 6.07) is 0. The lowest BCUT2D eigenvalue weighted by Gasteiger charge is -2.02. The zero-order chi connectivity index (χ0) is 12.7. The van der Waals surface area contributed by atoms with Crippen LogP contribution in [0.3, 0.4) is 0 Å². The van der Waals surface area contributed by atoms with Gasteiger partial charge in [0.2, 0.25) is 0 Å². The van der Waals surface area contributed by atoms with Crippen LogP contribution in [-0.2, 0) is 0 Å². The third kappa shape index (κ3) is 11.1. The molecule has 1 aliphatic heterocycles. The van der Waals surface area contributed by atoms with Crippen LogP contribution < -0.4 is 0 Å². The average molecular weight is 287 g/mol. The van der Waals surface area contributed by atoms with E-state index >= 15 is 0 Å². The van der Waals surface area contributed by atoms with Crippen molar-refractivity contribution in [3.05, 3.63) is 11.5 Å². The van der Waals surface area contributed by atoms with E-state index in [1.165, 1.54) is 81.6 Å². The maximum atomic E-state index is 4.17. The summed E-state index contributed by atoms with van der Waals surface area (Å²) < 4.78 is 4.09. The summed E-state index contributed by atoms with van der Waals surface area (Å²) in [7, 11) is 3.16. The first-order chi connectivity index (χ1) is 9.00. The molecule has 0 N–H and O–H groups in total. The van der Waals surface area contributed by atoms with Crippen LogP contribution in [0.4, 0.5) is 0 Å². The molecule has 0 bridgehead atoms. The molecule has 0 aromatic carbocycles. The molecule has 4 heteroatoms. The van der Waals surface area contributed by atoms with Gasteiger partial charge in [0.05, 0.1) is 17.5 Å². The van der Waals surface area contributed by atoms with Crippen molar-refractivity contribution < 1.29 is 0 Å². The fourth-order valence-electron chi connectivity index (χ4n) is 2.07. The van der Waals surface area contributed by atoms with E-state index in [0.29, 0.717) is 0 Å². The van der Waals surface area contributed by atoms with Crippen LogP contribution in [0.1, 0.15) is 70.6 Å². The fraction of sp³-hybridized carbons (Fsp3) is 0.857. The molecule has 0 aliphatic carbocycles. The van der Waals surface area contributed by atoms with Crippen molar-refractivity contribution in [1.29, 1.82) is 0 Å². The maximum Gasteiger partial charge on any atom is 0.0716 e. The van der Waals surface area contributed by atoms with Crippen molar-refractivity contribution in [2.45, 2.75) is 70.6 Å². The highest BCUT2D eigenvalue weighted by molar-refractivity contribution is 8.77. The molecular weight excluding hydrogens is 260 g/mol. The Hall–Kier alpha value is 0.0400. The van der Waals surface area contributed by atoms with Crippen molar-refractivity contribution >= 4 is 21.8 Å². The highest BCUT2D eigenvalue weighted by Gasteiger charge is 1.93. The van der Waals surface area contributed by atoms with Gasteiger partial charge in [-0.15, -0.1) is 4.52 Å². The van der Waals surface area contributed by atoms with E-state index in [-0.39, 0.29) is 0 Å². The molecule has 1 rings (SSSR count). The molecule has 0 amide bonds. The van der Waals surface area contributed by atoms with E-state index in [0.717, 1.165) is 6.54 Å². The van der Waals surface area contributed by atoms with Gasteiger partial charge in [-0.1, -0.05) is 57.4 Å². The number of hydrogen-bond donors (Lipinski definition) is 0. The van der Waals surface area contributed by atoms with Gasteiger partial charge in [0.25, 0.3) is 0 Å². The van der Waals surface area contributed by atoms with Gasteiger partial charge in [-0.25, -0.2) is 0 Å². The molecule has 0 fully saturated rings. The minimum atomic E-state index is 0.900. The maximum absolute atomic E-state index is 4.17. The summed E-state index contributed by atoms with van der Waals surface area (Å²) >= 11 is 0. The summed E-state index contributed by atoms with van der Waals surface area (Å²) in [6.45, 7) is 0.900. The van der Waals surface area contributed by atoms with Gasteiger partial charge < -0.3 is 0 Å². The average Bonchev–Trinajstić information content (AvgIpc) is 2.39. The Morgan fingerprint density at radius 1 is 0.722 bits per heavy atom. The predicted molar refractivity (Wildman–Crippen MR) is 84.8 cm³/mol. The fourth-order valence-corrected chi connectivity index (χ4v) is 3.15. The Morgan fingerprint density at radius 2 is 1.33 bits per heavy atom. The minimum Gasteiger partial charge on any atom is -0.181 e. The van der Waals surface area contributed by atoms with Crippen molar-refractivity contribution in [3.8, 4) is 0 Å². The van der Waals surface area contributed by atoms with E-state index in [1.54, 1.807) is 10.8 Å². The van der Waals surface area contributed by atoms with Crippen LogP contribution in [0, 0.1) is 0 Å². The lowest BCUT2D eigenvalue weighted by molar-refractivity contribution is 0.553. The minimum absolute atomic E-state index is 0.900. The zero-order valence-corrected chi connectivity index (χ0v) is 13.0. The number of allylic oxidation sites excluding steroid dienone is 1. The normalized spacial score (nSPS) is 25.8. The molecular formula is C14H26N2S2. The molecule has 0 spiro atoms. The molecule has 1 aliphatic rings. The summed E-state index contributed by atoms with van der Waals surface area (Å²) in [6.07, 6.45) is 17.2. The van der Waals surface area contributed by atoms with Crippen molar-refractivity contribution in [2.75, 3.05) is 6.54 Å². The van der Waals surface area contributed by atoms with Crippen LogP contribution in [0.2, 0.25) is 0 Å². The molecule has 0 saturated heterocycles. The SMILES string of the molecule is C1=C\SS/N=N/CCCCCCCCCCCC/1. The van der Waals surface area contributed by atoms with E-state index in [4.69, 9.17) is 0 Å². The highest BCUT2D eigenvalue weighted by atomic mass is 33.1. The smallest absolute Gasteiger partial charge is 0.0716 e. The standard InChI is InChI=1S/C14H26N2S2/c1-2-4-6-8-10-12-14-17-18-16-15-13-11-9-7-5-3-1/h12,14H,1-11,13H2/b14-12-,16-15+. The zero-order valence-electron chi connectivity index (χ0n) is 11.4. The second-order valence-corrected chi connectivity index (χ2v) is 6.61. The van der Waals surface area contributed by atoms with Crippen molar-refractivity contribution in [1.82, 2.24) is 0 Å². The summed E-state index contributed by atoms with van der Waals surface area (Å²) in [5, 5.41) is 6.31. The summed E-state index contributed by atoms with van der Waals surface area (Å²) in [4.78, 5) is 0. The van der Waals surface area contributed by atoms with Crippen LogP contribution in [0.25, 0.3) is 0 Å². The molecule has 0 saturated carbocycles. The lowest BCUT2D eigenvalue weighted by atomic mass is 10.1. The van der Waals surface area contributed by atoms with Gasteiger partial charge in [0.15, 0.2) is 0 Å². The van der Waals surface area contributed by atoms with Crippen LogP contribution >= 0.6 is 21.8 Å². The van der Waals surface area contributed by atoms with Crippen LogP contribution in [0.15, 0.2) is 21.1 Å².